The van der Waals surface area contributed by atoms with Crippen molar-refractivity contribution in [3.63, 3.8) is 0 Å². The van der Waals surface area contributed by atoms with Crippen LogP contribution in [0.25, 0.3) is 11.4 Å². The summed E-state index contributed by atoms with van der Waals surface area (Å²) in [5.41, 5.74) is 0.878. The standard InChI is InChI=1S/C16H16Cl2N2O2/c17-12-7-11(8-13(18)9-12)15-19-5-6-20(15)14-3-1-10(2-4-14)16(21)22/h5-10,14H,1-4H2,(H,21,22). The van der Waals surface area contributed by atoms with E-state index in [9.17, 15) is 4.79 Å². The van der Waals surface area contributed by atoms with Crippen LogP contribution >= 0.6 is 23.2 Å². The lowest BCUT2D eigenvalue weighted by atomic mass is 9.86. The number of aliphatic carboxylic acids is 1. The minimum absolute atomic E-state index is 0.219. The van der Waals surface area contributed by atoms with Crippen LogP contribution in [0.5, 0.6) is 0 Å². The summed E-state index contributed by atoms with van der Waals surface area (Å²) in [6.45, 7) is 0. The number of halogens is 2. The van der Waals surface area contributed by atoms with E-state index in [2.05, 4.69) is 9.55 Å². The zero-order valence-corrected chi connectivity index (χ0v) is 13.4. The van der Waals surface area contributed by atoms with Crippen LogP contribution in [-0.2, 0) is 4.79 Å². The number of hydrogen-bond acceptors (Lipinski definition) is 2. The van der Waals surface area contributed by atoms with Gasteiger partial charge in [-0.3, -0.25) is 4.79 Å². The van der Waals surface area contributed by atoms with Crippen molar-refractivity contribution in [3.8, 4) is 11.4 Å². The maximum absolute atomic E-state index is 11.1. The maximum atomic E-state index is 11.1. The summed E-state index contributed by atoms with van der Waals surface area (Å²) < 4.78 is 2.11. The average molecular weight is 339 g/mol. The number of hydrogen-bond donors (Lipinski definition) is 1. The van der Waals surface area contributed by atoms with Gasteiger partial charge >= 0.3 is 5.97 Å². The van der Waals surface area contributed by atoms with Crippen molar-refractivity contribution in [1.29, 1.82) is 0 Å². The Morgan fingerprint density at radius 2 is 1.77 bits per heavy atom. The second-order valence-electron chi connectivity index (χ2n) is 5.66. The number of nitrogens with zero attached hydrogens (tertiary/aromatic N) is 2. The van der Waals surface area contributed by atoms with Crippen LogP contribution in [0.2, 0.25) is 10.0 Å². The Morgan fingerprint density at radius 3 is 2.36 bits per heavy atom. The van der Waals surface area contributed by atoms with Gasteiger partial charge in [-0.05, 0) is 43.9 Å². The number of rotatable bonds is 3. The minimum Gasteiger partial charge on any atom is -0.481 e. The van der Waals surface area contributed by atoms with E-state index in [0.717, 1.165) is 24.2 Å². The van der Waals surface area contributed by atoms with Gasteiger partial charge in [-0.25, -0.2) is 4.98 Å². The highest BCUT2D eigenvalue weighted by Crippen LogP contribution is 2.35. The fraction of sp³-hybridized carbons (Fsp3) is 0.375. The first-order valence-corrected chi connectivity index (χ1v) is 8.02. The van der Waals surface area contributed by atoms with Crippen molar-refractivity contribution < 1.29 is 9.90 Å². The summed E-state index contributed by atoms with van der Waals surface area (Å²) in [6, 6.07) is 5.65. The Kier molecular flexibility index (Phi) is 4.41. The molecule has 1 saturated carbocycles. The van der Waals surface area contributed by atoms with E-state index < -0.39 is 5.97 Å². The van der Waals surface area contributed by atoms with Gasteiger partial charge in [-0.1, -0.05) is 23.2 Å². The molecule has 1 N–H and O–H groups in total. The van der Waals surface area contributed by atoms with Crippen molar-refractivity contribution in [2.75, 3.05) is 0 Å². The van der Waals surface area contributed by atoms with Crippen LogP contribution in [-0.4, -0.2) is 20.6 Å². The lowest BCUT2D eigenvalue weighted by molar-refractivity contribution is -0.143. The fourth-order valence-corrected chi connectivity index (χ4v) is 3.64. The number of carbonyl (C=O) groups is 1. The lowest BCUT2D eigenvalue weighted by Crippen LogP contribution is -2.23. The molecule has 0 radical (unpaired) electrons. The van der Waals surface area contributed by atoms with Crippen LogP contribution in [0.15, 0.2) is 30.6 Å². The Hall–Kier alpha value is -1.52. The number of aromatic nitrogens is 2. The monoisotopic (exact) mass is 338 g/mol. The molecule has 0 aliphatic heterocycles. The largest absolute Gasteiger partial charge is 0.481 e. The van der Waals surface area contributed by atoms with Crippen LogP contribution < -0.4 is 0 Å². The molecular formula is C16H16Cl2N2O2. The molecular weight excluding hydrogens is 323 g/mol. The summed E-state index contributed by atoms with van der Waals surface area (Å²) in [7, 11) is 0. The zero-order chi connectivity index (χ0) is 15.7. The molecule has 4 nitrogen and oxygen atoms in total. The quantitative estimate of drug-likeness (QED) is 0.884. The molecule has 3 rings (SSSR count). The average Bonchev–Trinajstić information content (AvgIpc) is 2.95. The molecule has 2 aromatic rings. The van der Waals surface area contributed by atoms with E-state index in [4.69, 9.17) is 28.3 Å². The molecule has 1 aliphatic carbocycles. The van der Waals surface area contributed by atoms with Crippen LogP contribution in [0.4, 0.5) is 0 Å². The molecule has 1 heterocycles. The topological polar surface area (TPSA) is 55.1 Å². The second kappa shape index (κ2) is 6.31. The van der Waals surface area contributed by atoms with Gasteiger partial charge in [0, 0.05) is 34.0 Å². The van der Waals surface area contributed by atoms with Gasteiger partial charge in [0.1, 0.15) is 5.82 Å². The van der Waals surface area contributed by atoms with Gasteiger partial charge < -0.3 is 9.67 Å². The van der Waals surface area contributed by atoms with Gasteiger partial charge in [-0.15, -0.1) is 0 Å². The van der Waals surface area contributed by atoms with E-state index in [0.29, 0.717) is 22.9 Å². The molecule has 0 amide bonds. The highest BCUT2D eigenvalue weighted by Gasteiger charge is 2.27. The highest BCUT2D eigenvalue weighted by molar-refractivity contribution is 6.35. The molecule has 6 heteroatoms. The Morgan fingerprint density at radius 1 is 1.14 bits per heavy atom. The zero-order valence-electron chi connectivity index (χ0n) is 11.9. The van der Waals surface area contributed by atoms with E-state index in [1.807, 2.05) is 18.3 Å². The maximum Gasteiger partial charge on any atom is 0.306 e. The van der Waals surface area contributed by atoms with E-state index >= 15 is 0 Å². The van der Waals surface area contributed by atoms with E-state index in [1.165, 1.54) is 0 Å². The number of benzene rings is 1. The van der Waals surface area contributed by atoms with Gasteiger partial charge in [0.2, 0.25) is 0 Å². The molecule has 1 aliphatic rings. The minimum atomic E-state index is -0.689. The molecule has 0 bridgehead atoms. The van der Waals surface area contributed by atoms with Gasteiger partial charge in [0.05, 0.1) is 5.92 Å². The predicted octanol–water partition coefficient (Wildman–Crippen LogP) is 4.67. The smallest absolute Gasteiger partial charge is 0.306 e. The third kappa shape index (κ3) is 3.13. The summed E-state index contributed by atoms with van der Waals surface area (Å²) in [5.74, 6) is -0.0852. The van der Waals surface area contributed by atoms with Crippen molar-refractivity contribution in [1.82, 2.24) is 9.55 Å². The first kappa shape index (κ1) is 15.4. The summed E-state index contributed by atoms with van der Waals surface area (Å²) >= 11 is 12.1. The molecule has 0 unspecified atom stereocenters. The molecule has 0 spiro atoms. The first-order chi connectivity index (χ1) is 10.5. The van der Waals surface area contributed by atoms with Gasteiger partial charge in [0.25, 0.3) is 0 Å². The third-order valence-corrected chi connectivity index (χ3v) is 4.67. The van der Waals surface area contributed by atoms with Gasteiger partial charge in [-0.2, -0.15) is 0 Å². The fourth-order valence-electron chi connectivity index (χ4n) is 3.12. The van der Waals surface area contributed by atoms with Crippen molar-refractivity contribution in [2.45, 2.75) is 31.7 Å². The summed E-state index contributed by atoms with van der Waals surface area (Å²) in [4.78, 5) is 15.5. The number of imidazole rings is 1. The van der Waals surface area contributed by atoms with Gasteiger partial charge in [0.15, 0.2) is 0 Å². The molecule has 1 fully saturated rings. The number of carboxylic acid groups (broad SMARTS) is 1. The van der Waals surface area contributed by atoms with E-state index in [1.54, 1.807) is 12.3 Å². The first-order valence-electron chi connectivity index (χ1n) is 7.26. The highest BCUT2D eigenvalue weighted by atomic mass is 35.5. The SMILES string of the molecule is O=C(O)C1CCC(n2ccnc2-c2cc(Cl)cc(Cl)c2)CC1. The third-order valence-electron chi connectivity index (χ3n) is 4.23. The Labute approximate surface area is 138 Å². The molecule has 22 heavy (non-hydrogen) atoms. The number of carboxylic acids is 1. The predicted molar refractivity (Wildman–Crippen MR) is 86.3 cm³/mol. The molecule has 1 aromatic heterocycles. The van der Waals surface area contributed by atoms with Crippen LogP contribution in [0.1, 0.15) is 31.7 Å². The van der Waals surface area contributed by atoms with Crippen molar-refractivity contribution >= 4 is 29.2 Å². The summed E-state index contributed by atoms with van der Waals surface area (Å²) in [5, 5.41) is 10.3. The van der Waals surface area contributed by atoms with Crippen molar-refractivity contribution in [2.24, 2.45) is 5.92 Å². The van der Waals surface area contributed by atoms with Crippen LogP contribution in [0, 0.1) is 5.92 Å². The Balaban J connectivity index is 1.85. The van der Waals surface area contributed by atoms with Crippen LogP contribution in [0.3, 0.4) is 0 Å². The van der Waals surface area contributed by atoms with Crippen molar-refractivity contribution in [3.05, 3.63) is 40.6 Å². The molecule has 116 valence electrons. The second-order valence-corrected chi connectivity index (χ2v) is 6.53. The van der Waals surface area contributed by atoms with E-state index in [-0.39, 0.29) is 12.0 Å². The Bertz CT molecular complexity index is 671. The molecule has 0 saturated heterocycles. The lowest BCUT2D eigenvalue weighted by Gasteiger charge is -2.28. The summed E-state index contributed by atoms with van der Waals surface area (Å²) in [6.07, 6.45) is 6.79. The molecule has 0 atom stereocenters. The molecule has 1 aromatic carbocycles. The normalized spacial score (nSPS) is 21.7.